The molecule has 0 aromatic carbocycles. The molecule has 0 spiro atoms. The summed E-state index contributed by atoms with van der Waals surface area (Å²) in [5, 5.41) is 7.44. The van der Waals surface area contributed by atoms with Crippen molar-refractivity contribution in [2.24, 2.45) is 5.92 Å². The number of unbranched alkanes of at least 4 members (excludes halogenated alkanes) is 1. The van der Waals surface area contributed by atoms with Crippen LogP contribution in [-0.2, 0) is 20.9 Å². The Morgan fingerprint density at radius 1 is 1.35 bits per heavy atom. The Kier molecular flexibility index (Phi) is 6.66. The number of carbonyl (C=O) groups is 2. The van der Waals surface area contributed by atoms with E-state index in [-0.39, 0.29) is 17.9 Å². The third kappa shape index (κ3) is 4.84. The van der Waals surface area contributed by atoms with Crippen molar-refractivity contribution in [2.45, 2.75) is 58.0 Å². The topological polar surface area (TPSA) is 76.5 Å². The molecule has 1 aromatic heterocycles. The van der Waals surface area contributed by atoms with Gasteiger partial charge in [-0.3, -0.25) is 14.3 Å². The van der Waals surface area contributed by atoms with Gasteiger partial charge in [-0.05, 0) is 31.2 Å². The Morgan fingerprint density at radius 3 is 2.92 bits per heavy atom. The molecule has 2 amide bonds. The molecular formula is C19H30N4O3. The quantitative estimate of drug-likeness (QED) is 0.804. The molecule has 0 bridgehead atoms. The monoisotopic (exact) mass is 362 g/mol. The zero-order chi connectivity index (χ0) is 18.4. The van der Waals surface area contributed by atoms with Gasteiger partial charge < -0.3 is 15.0 Å². The van der Waals surface area contributed by atoms with Gasteiger partial charge in [-0.25, -0.2) is 0 Å². The molecule has 7 nitrogen and oxygen atoms in total. The Balaban J connectivity index is 1.55. The average Bonchev–Trinajstić information content (AvgIpc) is 3.14. The summed E-state index contributed by atoms with van der Waals surface area (Å²) in [5.74, 6) is 0.712. The van der Waals surface area contributed by atoms with Crippen molar-refractivity contribution in [3.63, 3.8) is 0 Å². The van der Waals surface area contributed by atoms with Gasteiger partial charge in [0.25, 0.3) is 0 Å². The summed E-state index contributed by atoms with van der Waals surface area (Å²) < 4.78 is 7.27. The molecule has 1 aromatic rings. The number of hydrogen-bond acceptors (Lipinski definition) is 4. The van der Waals surface area contributed by atoms with E-state index >= 15 is 0 Å². The molecule has 7 heteroatoms. The average molecular weight is 362 g/mol. The van der Waals surface area contributed by atoms with Crippen molar-refractivity contribution in [3.05, 3.63) is 18.0 Å². The number of rotatable bonds is 7. The lowest BCUT2D eigenvalue weighted by Crippen LogP contribution is -2.43. The fraction of sp³-hybridized carbons (Fsp3) is 0.737. The number of carbonyl (C=O) groups excluding carboxylic acids is 2. The maximum atomic E-state index is 12.4. The van der Waals surface area contributed by atoms with E-state index in [4.69, 9.17) is 4.74 Å². The van der Waals surface area contributed by atoms with E-state index < -0.39 is 0 Å². The van der Waals surface area contributed by atoms with Crippen LogP contribution in [0.25, 0.3) is 0 Å². The number of nitrogens with zero attached hydrogens (tertiary/aromatic N) is 3. The minimum Gasteiger partial charge on any atom is -0.381 e. The van der Waals surface area contributed by atoms with Gasteiger partial charge in [0.15, 0.2) is 0 Å². The van der Waals surface area contributed by atoms with Crippen molar-refractivity contribution < 1.29 is 14.3 Å². The Morgan fingerprint density at radius 2 is 2.15 bits per heavy atom. The van der Waals surface area contributed by atoms with Crippen molar-refractivity contribution >= 4 is 11.8 Å². The molecule has 1 saturated heterocycles. The Bertz CT molecular complexity index is 610. The molecule has 0 saturated carbocycles. The number of aromatic nitrogens is 2. The highest BCUT2D eigenvalue weighted by Gasteiger charge is 2.29. The zero-order valence-corrected chi connectivity index (χ0v) is 15.7. The summed E-state index contributed by atoms with van der Waals surface area (Å²) in [4.78, 5) is 26.8. The Hall–Kier alpha value is -1.89. The SMILES string of the molecule is CCCCC(=O)N1Cc2ccnn2[C@H](CC(=O)NCC2CCOCC2)C1. The maximum absolute atomic E-state index is 12.4. The number of nitrogens with one attached hydrogen (secondary N) is 1. The van der Waals surface area contributed by atoms with Crippen LogP contribution in [0.15, 0.2) is 12.3 Å². The molecule has 2 aliphatic heterocycles. The molecular weight excluding hydrogens is 332 g/mol. The first-order valence-electron chi connectivity index (χ1n) is 9.82. The zero-order valence-electron chi connectivity index (χ0n) is 15.7. The highest BCUT2D eigenvalue weighted by molar-refractivity contribution is 5.78. The fourth-order valence-electron chi connectivity index (χ4n) is 3.71. The van der Waals surface area contributed by atoms with Gasteiger partial charge in [0, 0.05) is 38.9 Å². The summed E-state index contributed by atoms with van der Waals surface area (Å²) in [5.41, 5.74) is 1.00. The molecule has 26 heavy (non-hydrogen) atoms. The van der Waals surface area contributed by atoms with Crippen LogP contribution in [-0.4, -0.2) is 52.8 Å². The molecule has 0 unspecified atom stereocenters. The van der Waals surface area contributed by atoms with Gasteiger partial charge in [-0.1, -0.05) is 13.3 Å². The molecule has 144 valence electrons. The summed E-state index contributed by atoms with van der Waals surface area (Å²) in [6, 6.07) is 1.85. The van der Waals surface area contributed by atoms with E-state index in [0.717, 1.165) is 44.6 Å². The standard InChI is InChI=1S/C19H30N4O3/c1-2-3-4-19(25)22-13-16-5-8-21-23(16)17(14-22)11-18(24)20-12-15-6-9-26-10-7-15/h5,8,15,17H,2-4,6-7,9-14H2,1H3,(H,20,24)/t17-/m1/s1. The van der Waals surface area contributed by atoms with Crippen molar-refractivity contribution in [2.75, 3.05) is 26.3 Å². The van der Waals surface area contributed by atoms with Gasteiger partial charge in [0.05, 0.1) is 24.7 Å². The number of hydrogen-bond donors (Lipinski definition) is 1. The van der Waals surface area contributed by atoms with Gasteiger partial charge in [-0.2, -0.15) is 5.10 Å². The van der Waals surface area contributed by atoms with Gasteiger partial charge in [0.1, 0.15) is 0 Å². The normalized spacial score (nSPS) is 20.7. The first kappa shape index (κ1) is 18.9. The number of amides is 2. The first-order valence-corrected chi connectivity index (χ1v) is 9.82. The lowest BCUT2D eigenvalue weighted by atomic mass is 10.0. The molecule has 1 N–H and O–H groups in total. The summed E-state index contributed by atoms with van der Waals surface area (Å²) in [7, 11) is 0. The first-order chi connectivity index (χ1) is 12.7. The second-order valence-electron chi connectivity index (χ2n) is 7.36. The minimum absolute atomic E-state index is 0.0331. The van der Waals surface area contributed by atoms with Crippen LogP contribution in [0.1, 0.15) is 57.2 Å². The molecule has 1 fully saturated rings. The number of fused-ring (bicyclic) bond motifs is 1. The van der Waals surface area contributed by atoms with Crippen LogP contribution in [0.5, 0.6) is 0 Å². The number of ether oxygens (including phenoxy) is 1. The van der Waals surface area contributed by atoms with Crippen LogP contribution in [0.3, 0.4) is 0 Å². The van der Waals surface area contributed by atoms with Crippen LogP contribution >= 0.6 is 0 Å². The molecule has 2 aliphatic rings. The van der Waals surface area contributed by atoms with E-state index in [0.29, 0.717) is 38.4 Å². The molecule has 3 heterocycles. The van der Waals surface area contributed by atoms with Crippen LogP contribution in [0.2, 0.25) is 0 Å². The van der Waals surface area contributed by atoms with Crippen molar-refractivity contribution in [3.8, 4) is 0 Å². The third-order valence-corrected chi connectivity index (χ3v) is 5.33. The van der Waals surface area contributed by atoms with E-state index in [9.17, 15) is 9.59 Å². The summed E-state index contributed by atoms with van der Waals surface area (Å²) in [6.07, 6.45) is 6.62. The molecule has 0 radical (unpaired) electrons. The lowest BCUT2D eigenvalue weighted by molar-refractivity contribution is -0.134. The van der Waals surface area contributed by atoms with Crippen LogP contribution < -0.4 is 5.32 Å². The van der Waals surface area contributed by atoms with Gasteiger partial charge >= 0.3 is 0 Å². The van der Waals surface area contributed by atoms with E-state index in [1.165, 1.54) is 0 Å². The van der Waals surface area contributed by atoms with Crippen molar-refractivity contribution in [1.82, 2.24) is 20.0 Å². The Labute approximate surface area is 155 Å². The highest BCUT2D eigenvalue weighted by Crippen LogP contribution is 2.24. The fourth-order valence-corrected chi connectivity index (χ4v) is 3.71. The summed E-state index contributed by atoms with van der Waals surface area (Å²) in [6.45, 7) is 5.51. The molecule has 3 rings (SSSR count). The predicted molar refractivity (Wildman–Crippen MR) is 97.4 cm³/mol. The predicted octanol–water partition coefficient (Wildman–Crippen LogP) is 1.89. The second kappa shape index (κ2) is 9.16. The molecule has 0 aliphatic carbocycles. The van der Waals surface area contributed by atoms with E-state index in [1.54, 1.807) is 6.20 Å². The maximum Gasteiger partial charge on any atom is 0.222 e. The second-order valence-corrected chi connectivity index (χ2v) is 7.36. The van der Waals surface area contributed by atoms with Crippen LogP contribution in [0, 0.1) is 5.92 Å². The van der Waals surface area contributed by atoms with Gasteiger partial charge in [-0.15, -0.1) is 0 Å². The molecule has 1 atom stereocenters. The van der Waals surface area contributed by atoms with Crippen LogP contribution in [0.4, 0.5) is 0 Å². The largest absolute Gasteiger partial charge is 0.381 e. The van der Waals surface area contributed by atoms with Gasteiger partial charge in [0.2, 0.25) is 11.8 Å². The minimum atomic E-state index is -0.0889. The summed E-state index contributed by atoms with van der Waals surface area (Å²) >= 11 is 0. The van der Waals surface area contributed by atoms with E-state index in [2.05, 4.69) is 17.3 Å². The van der Waals surface area contributed by atoms with Crippen molar-refractivity contribution in [1.29, 1.82) is 0 Å². The van der Waals surface area contributed by atoms with E-state index in [1.807, 2.05) is 15.6 Å². The highest BCUT2D eigenvalue weighted by atomic mass is 16.5. The lowest BCUT2D eigenvalue weighted by Gasteiger charge is -2.34. The third-order valence-electron chi connectivity index (χ3n) is 5.33. The smallest absolute Gasteiger partial charge is 0.222 e.